The molecule has 2 rings (SSSR count). The minimum absolute atomic E-state index is 0.192. The third-order valence-corrected chi connectivity index (χ3v) is 3.03. The van der Waals surface area contributed by atoms with Crippen molar-refractivity contribution in [1.29, 1.82) is 0 Å². The van der Waals surface area contributed by atoms with Gasteiger partial charge in [0.15, 0.2) is 0 Å². The van der Waals surface area contributed by atoms with E-state index in [0.717, 1.165) is 5.56 Å². The van der Waals surface area contributed by atoms with E-state index >= 15 is 0 Å². The summed E-state index contributed by atoms with van der Waals surface area (Å²) in [6.45, 7) is 4.27. The van der Waals surface area contributed by atoms with Crippen LogP contribution in [-0.4, -0.2) is 0 Å². The maximum Gasteiger partial charge on any atom is 0.143 e. The van der Waals surface area contributed by atoms with Crippen LogP contribution < -0.4 is 0 Å². The van der Waals surface area contributed by atoms with Crippen molar-refractivity contribution < 1.29 is 9.13 Å². The number of hydrogen-bond acceptors (Lipinski definition) is 1. The fourth-order valence-electron chi connectivity index (χ4n) is 1.63. The highest BCUT2D eigenvalue weighted by atomic mass is 79.9. The van der Waals surface area contributed by atoms with Crippen molar-refractivity contribution in [2.45, 2.75) is 26.1 Å². The predicted octanol–water partition coefficient (Wildman–Crippen LogP) is 3.35. The summed E-state index contributed by atoms with van der Waals surface area (Å²) in [6, 6.07) is 3.64. The van der Waals surface area contributed by atoms with E-state index in [2.05, 4.69) is 15.9 Å². The fraction of sp³-hybridized carbons (Fsp3) is 0.400. The molecule has 0 radical (unpaired) electrons. The zero-order valence-electron chi connectivity index (χ0n) is 7.53. The number of benzene rings is 1. The molecule has 0 fully saturated rings. The van der Waals surface area contributed by atoms with Crippen molar-refractivity contribution in [1.82, 2.24) is 0 Å². The molecule has 1 heterocycles. The van der Waals surface area contributed by atoms with E-state index in [-0.39, 0.29) is 11.4 Å². The summed E-state index contributed by atoms with van der Waals surface area (Å²) in [5, 5.41) is 0. The van der Waals surface area contributed by atoms with Crippen LogP contribution in [-0.2, 0) is 16.9 Å². The van der Waals surface area contributed by atoms with E-state index in [1.165, 1.54) is 0 Å². The molecule has 0 atom stereocenters. The summed E-state index contributed by atoms with van der Waals surface area (Å²) < 4.78 is 19.5. The first-order valence-corrected chi connectivity index (χ1v) is 4.93. The molecule has 13 heavy (non-hydrogen) atoms. The fourth-order valence-corrected chi connectivity index (χ4v) is 2.00. The van der Waals surface area contributed by atoms with Crippen molar-refractivity contribution >= 4 is 15.9 Å². The molecule has 1 aromatic carbocycles. The van der Waals surface area contributed by atoms with Gasteiger partial charge in [-0.1, -0.05) is 6.07 Å². The van der Waals surface area contributed by atoms with Gasteiger partial charge in [0.25, 0.3) is 0 Å². The number of hydrogen-bond donors (Lipinski definition) is 0. The van der Waals surface area contributed by atoms with Crippen LogP contribution in [0.25, 0.3) is 0 Å². The lowest BCUT2D eigenvalue weighted by atomic mass is 9.96. The first-order chi connectivity index (χ1) is 6.02. The van der Waals surface area contributed by atoms with Gasteiger partial charge in [-0.3, -0.25) is 0 Å². The molecule has 3 heteroatoms. The molecule has 0 N–H and O–H groups in total. The SMILES string of the molecule is CC1(C)OCc2c1ccc(Br)c2F. The average molecular weight is 245 g/mol. The van der Waals surface area contributed by atoms with Crippen molar-refractivity contribution in [3.63, 3.8) is 0 Å². The van der Waals surface area contributed by atoms with Crippen LogP contribution in [0.1, 0.15) is 25.0 Å². The minimum atomic E-state index is -0.350. The zero-order chi connectivity index (χ0) is 9.64. The smallest absolute Gasteiger partial charge is 0.143 e. The third kappa shape index (κ3) is 1.30. The maximum atomic E-state index is 13.5. The lowest BCUT2D eigenvalue weighted by Gasteiger charge is -2.17. The molecular weight excluding hydrogens is 235 g/mol. The van der Waals surface area contributed by atoms with Crippen LogP contribution in [0.2, 0.25) is 0 Å². The number of fused-ring (bicyclic) bond motifs is 1. The van der Waals surface area contributed by atoms with Gasteiger partial charge in [0, 0.05) is 5.56 Å². The lowest BCUT2D eigenvalue weighted by Crippen LogP contribution is -2.14. The van der Waals surface area contributed by atoms with Crippen LogP contribution in [0.15, 0.2) is 16.6 Å². The van der Waals surface area contributed by atoms with Crippen molar-refractivity contribution in [3.05, 3.63) is 33.5 Å². The van der Waals surface area contributed by atoms with E-state index < -0.39 is 0 Å². The quantitative estimate of drug-likeness (QED) is 0.681. The Hall–Kier alpha value is -0.410. The van der Waals surface area contributed by atoms with E-state index in [4.69, 9.17) is 4.74 Å². The molecule has 0 aromatic heterocycles. The molecule has 0 saturated carbocycles. The summed E-state index contributed by atoms with van der Waals surface area (Å²) in [5.74, 6) is -0.192. The molecule has 1 aliphatic rings. The highest BCUT2D eigenvalue weighted by molar-refractivity contribution is 9.10. The number of halogens is 2. The zero-order valence-corrected chi connectivity index (χ0v) is 9.11. The van der Waals surface area contributed by atoms with Gasteiger partial charge in [-0.15, -0.1) is 0 Å². The van der Waals surface area contributed by atoms with Crippen LogP contribution in [0.4, 0.5) is 4.39 Å². The Balaban J connectivity index is 2.64. The van der Waals surface area contributed by atoms with Gasteiger partial charge in [-0.05, 0) is 41.4 Å². The largest absolute Gasteiger partial charge is 0.366 e. The second-order valence-electron chi connectivity index (χ2n) is 3.69. The maximum absolute atomic E-state index is 13.5. The second-order valence-corrected chi connectivity index (χ2v) is 4.54. The van der Waals surface area contributed by atoms with Crippen molar-refractivity contribution in [2.24, 2.45) is 0 Å². The first kappa shape index (κ1) is 9.16. The molecule has 0 saturated heterocycles. The molecule has 1 nitrogen and oxygen atoms in total. The Morgan fingerprint density at radius 1 is 1.46 bits per heavy atom. The predicted molar refractivity (Wildman–Crippen MR) is 51.9 cm³/mol. The highest BCUT2D eigenvalue weighted by Crippen LogP contribution is 2.38. The molecular formula is C10H10BrFO. The van der Waals surface area contributed by atoms with E-state index in [9.17, 15) is 4.39 Å². The van der Waals surface area contributed by atoms with Crippen LogP contribution in [0, 0.1) is 5.82 Å². The summed E-state index contributed by atoms with van der Waals surface area (Å²) in [6.07, 6.45) is 0. The highest BCUT2D eigenvalue weighted by Gasteiger charge is 2.33. The summed E-state index contributed by atoms with van der Waals surface area (Å²) >= 11 is 3.16. The molecule has 0 unspecified atom stereocenters. The Kier molecular flexibility index (Phi) is 1.96. The van der Waals surface area contributed by atoms with Gasteiger partial charge >= 0.3 is 0 Å². The summed E-state index contributed by atoms with van der Waals surface area (Å²) in [5.41, 5.74) is 1.28. The molecule has 0 spiro atoms. The lowest BCUT2D eigenvalue weighted by molar-refractivity contribution is -0.00828. The monoisotopic (exact) mass is 244 g/mol. The number of ether oxygens (including phenoxy) is 1. The van der Waals surface area contributed by atoms with Crippen LogP contribution in [0.3, 0.4) is 0 Å². The van der Waals surface area contributed by atoms with Gasteiger partial charge < -0.3 is 4.74 Å². The van der Waals surface area contributed by atoms with Gasteiger partial charge in [0.2, 0.25) is 0 Å². The minimum Gasteiger partial charge on any atom is -0.366 e. The Bertz CT molecular complexity index is 360. The topological polar surface area (TPSA) is 9.23 Å². The third-order valence-electron chi connectivity index (χ3n) is 2.42. The molecule has 0 bridgehead atoms. The molecule has 0 aliphatic carbocycles. The van der Waals surface area contributed by atoms with Gasteiger partial charge in [-0.2, -0.15) is 0 Å². The van der Waals surface area contributed by atoms with Gasteiger partial charge in [0.05, 0.1) is 16.7 Å². The second kappa shape index (κ2) is 2.79. The van der Waals surface area contributed by atoms with E-state index in [1.807, 2.05) is 19.9 Å². The Morgan fingerprint density at radius 3 is 2.85 bits per heavy atom. The molecule has 0 amide bonds. The van der Waals surface area contributed by atoms with Crippen LogP contribution >= 0.6 is 15.9 Å². The normalized spacial score (nSPS) is 18.8. The van der Waals surface area contributed by atoms with E-state index in [1.54, 1.807) is 6.07 Å². The van der Waals surface area contributed by atoms with E-state index in [0.29, 0.717) is 16.6 Å². The molecule has 1 aromatic rings. The van der Waals surface area contributed by atoms with Crippen molar-refractivity contribution in [2.75, 3.05) is 0 Å². The number of rotatable bonds is 0. The van der Waals surface area contributed by atoms with Crippen LogP contribution in [0.5, 0.6) is 0 Å². The van der Waals surface area contributed by atoms with Gasteiger partial charge in [-0.25, -0.2) is 4.39 Å². The molecule has 70 valence electrons. The summed E-state index contributed by atoms with van der Waals surface area (Å²) in [4.78, 5) is 0. The summed E-state index contributed by atoms with van der Waals surface area (Å²) in [7, 11) is 0. The van der Waals surface area contributed by atoms with Crippen molar-refractivity contribution in [3.8, 4) is 0 Å². The first-order valence-electron chi connectivity index (χ1n) is 4.14. The Morgan fingerprint density at radius 2 is 2.15 bits per heavy atom. The Labute approximate surface area is 85.0 Å². The van der Waals surface area contributed by atoms with Gasteiger partial charge in [0.1, 0.15) is 5.82 Å². The molecule has 1 aliphatic heterocycles. The average Bonchev–Trinajstić information content (AvgIpc) is 2.35. The standard InChI is InChI=1S/C10H10BrFO/c1-10(2)7-3-4-8(11)9(12)6(7)5-13-10/h3-4H,5H2,1-2H3.